The van der Waals surface area contributed by atoms with Crippen LogP contribution in [0.25, 0.3) is 0 Å². The average Bonchev–Trinajstić information content (AvgIpc) is 2.88. The Kier molecular flexibility index (Phi) is 3.71. The van der Waals surface area contributed by atoms with E-state index in [4.69, 9.17) is 8.83 Å². The molecule has 2 aromatic rings. The minimum absolute atomic E-state index is 0.736. The van der Waals surface area contributed by atoms with Gasteiger partial charge in [0.2, 0.25) is 0 Å². The van der Waals surface area contributed by atoms with Crippen LogP contribution in [0, 0.1) is 0 Å². The van der Waals surface area contributed by atoms with E-state index in [-0.39, 0.29) is 0 Å². The molecule has 0 saturated heterocycles. The highest BCUT2D eigenvalue weighted by Crippen LogP contribution is 2.20. The van der Waals surface area contributed by atoms with Crippen molar-refractivity contribution in [2.75, 3.05) is 7.05 Å². The molecular weight excluding hydrogens is 240 g/mol. The molecule has 0 amide bonds. The van der Waals surface area contributed by atoms with Crippen LogP contribution in [-0.2, 0) is 19.6 Å². The van der Waals surface area contributed by atoms with E-state index in [0.717, 1.165) is 37.2 Å². The smallest absolute Gasteiger partial charge is 0.118 e. The molecule has 0 radical (unpaired) electrons. The van der Waals surface area contributed by atoms with Gasteiger partial charge in [-0.1, -0.05) is 0 Å². The summed E-state index contributed by atoms with van der Waals surface area (Å²) in [6.45, 7) is 2.50. The van der Waals surface area contributed by atoms with Crippen molar-refractivity contribution < 1.29 is 8.83 Å². The molecule has 2 heterocycles. The van der Waals surface area contributed by atoms with Gasteiger partial charge >= 0.3 is 0 Å². The molecule has 102 valence electrons. The largest absolute Gasteiger partial charge is 0.468 e. The van der Waals surface area contributed by atoms with Crippen LogP contribution in [0.2, 0.25) is 0 Å². The van der Waals surface area contributed by atoms with Crippen LogP contribution >= 0.6 is 0 Å². The van der Waals surface area contributed by atoms with Gasteiger partial charge in [0.15, 0.2) is 0 Å². The summed E-state index contributed by atoms with van der Waals surface area (Å²) in [5.74, 6) is 1.98. The van der Waals surface area contributed by atoms with Crippen LogP contribution in [0.1, 0.15) is 29.9 Å². The predicted octanol–water partition coefficient (Wildman–Crippen LogP) is 2.76. The second kappa shape index (κ2) is 5.63. The highest BCUT2D eigenvalue weighted by atomic mass is 16.3. The minimum Gasteiger partial charge on any atom is -0.468 e. The maximum absolute atomic E-state index is 5.59. The Hall–Kier alpha value is -1.52. The maximum atomic E-state index is 5.59. The molecule has 0 bridgehead atoms. The zero-order valence-corrected chi connectivity index (χ0v) is 11.3. The first kappa shape index (κ1) is 12.5. The van der Waals surface area contributed by atoms with Gasteiger partial charge in [-0.25, -0.2) is 0 Å². The Morgan fingerprint density at radius 3 is 2.84 bits per heavy atom. The molecule has 0 atom stereocenters. The van der Waals surface area contributed by atoms with E-state index in [1.807, 2.05) is 18.4 Å². The van der Waals surface area contributed by atoms with Crippen LogP contribution in [0.3, 0.4) is 0 Å². The van der Waals surface area contributed by atoms with E-state index in [1.165, 1.54) is 18.4 Å². The summed E-state index contributed by atoms with van der Waals surface area (Å²) < 4.78 is 10.9. The van der Waals surface area contributed by atoms with Crippen LogP contribution in [0.15, 0.2) is 39.6 Å². The van der Waals surface area contributed by atoms with Gasteiger partial charge in [0.25, 0.3) is 0 Å². The number of nitrogens with zero attached hydrogens (tertiary/aromatic N) is 1. The minimum atomic E-state index is 0.736. The van der Waals surface area contributed by atoms with Crippen LogP contribution < -0.4 is 5.32 Å². The van der Waals surface area contributed by atoms with E-state index >= 15 is 0 Å². The second-order valence-electron chi connectivity index (χ2n) is 5.33. The number of hydrogen-bond donors (Lipinski definition) is 1. The fourth-order valence-corrected chi connectivity index (χ4v) is 2.14. The Labute approximate surface area is 113 Å². The average molecular weight is 260 g/mol. The van der Waals surface area contributed by atoms with E-state index in [9.17, 15) is 0 Å². The van der Waals surface area contributed by atoms with Crippen LogP contribution in [-0.4, -0.2) is 18.0 Å². The number of nitrogens with one attached hydrogen (secondary N) is 1. The standard InChI is InChI=1S/C15H20N2O2/c1-17(9-14-3-2-6-18-14)10-15-7-12(11-19-15)8-16-13-4-5-13/h2-3,6-7,11,13,16H,4-5,8-10H2,1H3. The van der Waals surface area contributed by atoms with Crippen molar-refractivity contribution in [3.05, 3.63) is 47.8 Å². The summed E-state index contributed by atoms with van der Waals surface area (Å²) in [6.07, 6.45) is 6.19. The van der Waals surface area contributed by atoms with E-state index in [1.54, 1.807) is 6.26 Å². The lowest BCUT2D eigenvalue weighted by Crippen LogP contribution is -2.16. The molecule has 0 spiro atoms. The van der Waals surface area contributed by atoms with Crippen molar-refractivity contribution >= 4 is 0 Å². The highest BCUT2D eigenvalue weighted by molar-refractivity contribution is 5.13. The summed E-state index contributed by atoms with van der Waals surface area (Å²) in [6, 6.07) is 6.77. The third kappa shape index (κ3) is 3.72. The molecule has 1 aliphatic carbocycles. The van der Waals surface area contributed by atoms with Gasteiger partial charge in [-0.15, -0.1) is 0 Å². The van der Waals surface area contributed by atoms with Crippen molar-refractivity contribution in [3.8, 4) is 0 Å². The zero-order valence-electron chi connectivity index (χ0n) is 11.3. The number of rotatable bonds is 7. The molecule has 2 aromatic heterocycles. The third-order valence-corrected chi connectivity index (χ3v) is 3.31. The molecule has 0 unspecified atom stereocenters. The van der Waals surface area contributed by atoms with Gasteiger partial charge in [0.05, 0.1) is 25.6 Å². The molecule has 19 heavy (non-hydrogen) atoms. The first-order valence-corrected chi connectivity index (χ1v) is 6.80. The van der Waals surface area contributed by atoms with E-state index < -0.39 is 0 Å². The van der Waals surface area contributed by atoms with Gasteiger partial charge in [0, 0.05) is 18.2 Å². The molecule has 4 nitrogen and oxygen atoms in total. The monoisotopic (exact) mass is 260 g/mol. The lowest BCUT2D eigenvalue weighted by Gasteiger charge is -2.12. The quantitative estimate of drug-likeness (QED) is 0.831. The fourth-order valence-electron chi connectivity index (χ4n) is 2.14. The molecular formula is C15H20N2O2. The predicted molar refractivity (Wildman–Crippen MR) is 72.4 cm³/mol. The molecule has 3 rings (SSSR count). The summed E-state index contributed by atoms with van der Waals surface area (Å²) in [5.41, 5.74) is 1.23. The molecule has 0 aliphatic heterocycles. The summed E-state index contributed by atoms with van der Waals surface area (Å²) >= 11 is 0. The molecule has 4 heteroatoms. The van der Waals surface area contributed by atoms with Crippen molar-refractivity contribution in [2.45, 2.75) is 38.5 Å². The summed E-state index contributed by atoms with van der Waals surface area (Å²) in [7, 11) is 2.06. The van der Waals surface area contributed by atoms with Crippen molar-refractivity contribution in [2.24, 2.45) is 0 Å². The maximum Gasteiger partial charge on any atom is 0.118 e. The van der Waals surface area contributed by atoms with Gasteiger partial charge < -0.3 is 14.2 Å². The molecule has 1 saturated carbocycles. The van der Waals surface area contributed by atoms with Gasteiger partial charge in [-0.2, -0.15) is 0 Å². The normalized spacial score (nSPS) is 15.3. The van der Waals surface area contributed by atoms with E-state index in [2.05, 4.69) is 23.3 Å². The SMILES string of the molecule is CN(Cc1ccco1)Cc1cc(CNC2CC2)co1. The van der Waals surface area contributed by atoms with Crippen molar-refractivity contribution in [1.29, 1.82) is 0 Å². The molecule has 1 aliphatic rings. The van der Waals surface area contributed by atoms with Gasteiger partial charge in [-0.05, 0) is 38.1 Å². The van der Waals surface area contributed by atoms with Crippen molar-refractivity contribution in [1.82, 2.24) is 10.2 Å². The van der Waals surface area contributed by atoms with Crippen molar-refractivity contribution in [3.63, 3.8) is 0 Å². The van der Waals surface area contributed by atoms with Gasteiger partial charge in [-0.3, -0.25) is 4.90 Å². The van der Waals surface area contributed by atoms with Crippen LogP contribution in [0.4, 0.5) is 0 Å². The Balaban J connectivity index is 1.48. The lowest BCUT2D eigenvalue weighted by molar-refractivity contribution is 0.264. The van der Waals surface area contributed by atoms with Gasteiger partial charge in [0.1, 0.15) is 11.5 Å². The summed E-state index contributed by atoms with van der Waals surface area (Å²) in [4.78, 5) is 2.18. The third-order valence-electron chi connectivity index (χ3n) is 3.31. The number of hydrogen-bond acceptors (Lipinski definition) is 4. The Morgan fingerprint density at radius 1 is 1.26 bits per heavy atom. The molecule has 0 aromatic carbocycles. The highest BCUT2D eigenvalue weighted by Gasteiger charge is 2.20. The molecule has 1 N–H and O–H groups in total. The first-order chi connectivity index (χ1) is 9.29. The fraction of sp³-hybridized carbons (Fsp3) is 0.467. The topological polar surface area (TPSA) is 41.6 Å². The summed E-state index contributed by atoms with van der Waals surface area (Å²) in [5, 5.41) is 3.49. The Bertz CT molecular complexity index is 500. The second-order valence-corrected chi connectivity index (χ2v) is 5.33. The zero-order chi connectivity index (χ0) is 13.1. The molecule has 1 fully saturated rings. The Morgan fingerprint density at radius 2 is 2.11 bits per heavy atom. The first-order valence-electron chi connectivity index (χ1n) is 6.80. The lowest BCUT2D eigenvalue weighted by atomic mass is 10.3. The van der Waals surface area contributed by atoms with E-state index in [0.29, 0.717) is 0 Å². The van der Waals surface area contributed by atoms with Crippen LogP contribution in [0.5, 0.6) is 0 Å². The number of furan rings is 2.